The molecule has 0 saturated carbocycles. The van der Waals surface area contributed by atoms with Crippen LogP contribution in [-0.2, 0) is 6.54 Å². The minimum Gasteiger partial charge on any atom is -0.397 e. The van der Waals surface area contributed by atoms with Crippen molar-refractivity contribution in [2.24, 2.45) is 0 Å². The zero-order chi connectivity index (χ0) is 14.0. The highest BCUT2D eigenvalue weighted by molar-refractivity contribution is 6.44. The predicted molar refractivity (Wildman–Crippen MR) is 76.7 cm³/mol. The number of nitrogens with one attached hydrogen (secondary N) is 1. The van der Waals surface area contributed by atoms with E-state index < -0.39 is 0 Å². The van der Waals surface area contributed by atoms with Crippen molar-refractivity contribution in [3.8, 4) is 0 Å². The lowest BCUT2D eigenvalue weighted by Crippen LogP contribution is -2.12. The average molecular weight is 299 g/mol. The summed E-state index contributed by atoms with van der Waals surface area (Å²) in [4.78, 5) is 12.0. The Morgan fingerprint density at radius 1 is 1.47 bits per heavy atom. The van der Waals surface area contributed by atoms with Crippen LogP contribution in [0.15, 0.2) is 24.5 Å². The highest BCUT2D eigenvalue weighted by Crippen LogP contribution is 2.29. The number of hydrogen-bond acceptors (Lipinski definition) is 3. The molecule has 0 bridgehead atoms. The van der Waals surface area contributed by atoms with Crippen molar-refractivity contribution < 1.29 is 4.79 Å². The minimum atomic E-state index is -0.319. The van der Waals surface area contributed by atoms with Crippen molar-refractivity contribution in [3.05, 3.63) is 40.1 Å². The lowest BCUT2D eigenvalue weighted by atomic mass is 10.2. The van der Waals surface area contributed by atoms with E-state index in [1.54, 1.807) is 17.1 Å². The van der Waals surface area contributed by atoms with Crippen molar-refractivity contribution in [1.82, 2.24) is 9.78 Å². The SMILES string of the molecule is CCn1cc(NC(=O)c2cc(N)c(Cl)c(Cl)c2)cn1. The van der Waals surface area contributed by atoms with Gasteiger partial charge in [-0.1, -0.05) is 23.2 Å². The number of aromatic nitrogens is 2. The number of amides is 1. The van der Waals surface area contributed by atoms with Crippen LogP contribution in [-0.4, -0.2) is 15.7 Å². The Morgan fingerprint density at radius 3 is 2.79 bits per heavy atom. The number of nitrogens with zero attached hydrogens (tertiary/aromatic N) is 2. The van der Waals surface area contributed by atoms with Crippen LogP contribution in [0, 0.1) is 0 Å². The van der Waals surface area contributed by atoms with E-state index in [4.69, 9.17) is 28.9 Å². The van der Waals surface area contributed by atoms with E-state index in [-0.39, 0.29) is 21.6 Å². The number of nitrogen functional groups attached to an aromatic ring is 1. The lowest BCUT2D eigenvalue weighted by molar-refractivity contribution is 0.102. The van der Waals surface area contributed by atoms with Crippen LogP contribution in [0.3, 0.4) is 0 Å². The van der Waals surface area contributed by atoms with Crippen molar-refractivity contribution in [3.63, 3.8) is 0 Å². The molecule has 5 nitrogen and oxygen atoms in total. The molecule has 2 aromatic rings. The topological polar surface area (TPSA) is 72.9 Å². The first-order valence-electron chi connectivity index (χ1n) is 5.59. The Morgan fingerprint density at radius 2 is 2.21 bits per heavy atom. The fourth-order valence-electron chi connectivity index (χ4n) is 1.55. The van der Waals surface area contributed by atoms with Crippen LogP contribution < -0.4 is 11.1 Å². The minimum absolute atomic E-state index is 0.246. The standard InChI is InChI=1S/C12H12Cl2N4O/c1-2-18-6-8(5-16-18)17-12(19)7-3-9(13)11(14)10(15)4-7/h3-6H,2,15H2,1H3,(H,17,19). The Balaban J connectivity index is 2.20. The summed E-state index contributed by atoms with van der Waals surface area (Å²) >= 11 is 11.7. The Kier molecular flexibility index (Phi) is 3.97. The Labute approximate surface area is 120 Å². The zero-order valence-electron chi connectivity index (χ0n) is 10.2. The highest BCUT2D eigenvalue weighted by Gasteiger charge is 2.12. The van der Waals surface area contributed by atoms with Gasteiger partial charge in [-0.25, -0.2) is 0 Å². The van der Waals surface area contributed by atoms with E-state index in [9.17, 15) is 4.79 Å². The molecule has 0 fully saturated rings. The second kappa shape index (κ2) is 5.50. The molecule has 2 rings (SSSR count). The summed E-state index contributed by atoms with van der Waals surface area (Å²) in [5.41, 5.74) is 6.88. The Hall–Kier alpha value is -1.72. The molecule has 0 atom stereocenters. The first-order chi connectivity index (χ1) is 9.01. The number of rotatable bonds is 3. The first kappa shape index (κ1) is 13.7. The van der Waals surface area contributed by atoms with Gasteiger partial charge in [0.2, 0.25) is 0 Å². The molecule has 0 aliphatic heterocycles. The van der Waals surface area contributed by atoms with Gasteiger partial charge in [-0.2, -0.15) is 5.10 Å². The third kappa shape index (κ3) is 3.00. The fraction of sp³-hybridized carbons (Fsp3) is 0.167. The number of nitrogens with two attached hydrogens (primary N) is 1. The maximum absolute atomic E-state index is 12.0. The second-order valence-electron chi connectivity index (χ2n) is 3.90. The number of anilines is 2. The van der Waals surface area contributed by atoms with E-state index in [2.05, 4.69) is 10.4 Å². The molecule has 3 N–H and O–H groups in total. The molecular formula is C12H12Cl2N4O. The van der Waals surface area contributed by atoms with Crippen molar-refractivity contribution >= 4 is 40.5 Å². The molecule has 0 saturated heterocycles. The fourth-order valence-corrected chi connectivity index (χ4v) is 1.88. The molecule has 0 aliphatic rings. The molecule has 100 valence electrons. The summed E-state index contributed by atoms with van der Waals surface area (Å²) in [6.07, 6.45) is 3.31. The van der Waals surface area contributed by atoms with Crippen molar-refractivity contribution in [1.29, 1.82) is 0 Å². The molecule has 0 unspecified atom stereocenters. The zero-order valence-corrected chi connectivity index (χ0v) is 11.7. The van der Waals surface area contributed by atoms with Gasteiger partial charge < -0.3 is 11.1 Å². The number of carbonyl (C=O) groups is 1. The monoisotopic (exact) mass is 298 g/mol. The average Bonchev–Trinajstić information content (AvgIpc) is 2.83. The highest BCUT2D eigenvalue weighted by atomic mass is 35.5. The van der Waals surface area contributed by atoms with Crippen LogP contribution in [0.2, 0.25) is 10.0 Å². The van der Waals surface area contributed by atoms with Gasteiger partial charge in [-0.3, -0.25) is 9.48 Å². The molecule has 1 aromatic heterocycles. The molecule has 0 spiro atoms. The molecule has 1 aromatic carbocycles. The summed E-state index contributed by atoms with van der Waals surface area (Å²) in [6, 6.07) is 2.95. The lowest BCUT2D eigenvalue weighted by Gasteiger charge is -2.06. The summed E-state index contributed by atoms with van der Waals surface area (Å²) in [5.74, 6) is -0.319. The van der Waals surface area contributed by atoms with Gasteiger partial charge in [-0.05, 0) is 19.1 Å². The summed E-state index contributed by atoms with van der Waals surface area (Å²) in [6.45, 7) is 2.69. The van der Waals surface area contributed by atoms with E-state index in [1.807, 2.05) is 6.92 Å². The van der Waals surface area contributed by atoms with Crippen LogP contribution in [0.5, 0.6) is 0 Å². The van der Waals surface area contributed by atoms with E-state index in [0.717, 1.165) is 6.54 Å². The van der Waals surface area contributed by atoms with Gasteiger partial charge in [0.05, 0.1) is 27.6 Å². The summed E-state index contributed by atoms with van der Waals surface area (Å²) < 4.78 is 1.71. The number of halogens is 2. The van der Waals surface area contributed by atoms with E-state index >= 15 is 0 Å². The smallest absolute Gasteiger partial charge is 0.255 e. The number of hydrogen-bond donors (Lipinski definition) is 2. The van der Waals surface area contributed by atoms with E-state index in [0.29, 0.717) is 11.3 Å². The quantitative estimate of drug-likeness (QED) is 0.856. The van der Waals surface area contributed by atoms with Gasteiger partial charge in [0.15, 0.2) is 0 Å². The van der Waals surface area contributed by atoms with Crippen LogP contribution in [0.1, 0.15) is 17.3 Å². The number of aryl methyl sites for hydroxylation is 1. The normalized spacial score (nSPS) is 10.5. The Bertz CT molecular complexity index is 601. The molecule has 1 amide bonds. The maximum atomic E-state index is 12.0. The summed E-state index contributed by atoms with van der Waals surface area (Å²) in [7, 11) is 0. The third-order valence-electron chi connectivity index (χ3n) is 2.53. The van der Waals surface area contributed by atoms with Crippen molar-refractivity contribution in [2.45, 2.75) is 13.5 Å². The van der Waals surface area contributed by atoms with E-state index in [1.165, 1.54) is 12.1 Å². The van der Waals surface area contributed by atoms with Crippen LogP contribution >= 0.6 is 23.2 Å². The van der Waals surface area contributed by atoms with Crippen molar-refractivity contribution in [2.75, 3.05) is 11.1 Å². The van der Waals surface area contributed by atoms with Gasteiger partial charge in [-0.15, -0.1) is 0 Å². The molecule has 0 aliphatic carbocycles. The largest absolute Gasteiger partial charge is 0.397 e. The molecule has 0 radical (unpaired) electrons. The second-order valence-corrected chi connectivity index (χ2v) is 4.69. The van der Waals surface area contributed by atoms with Gasteiger partial charge in [0.1, 0.15) is 0 Å². The number of benzene rings is 1. The predicted octanol–water partition coefficient (Wildman–Crippen LogP) is 3.04. The van der Waals surface area contributed by atoms with Gasteiger partial charge >= 0.3 is 0 Å². The molecule has 7 heteroatoms. The number of carbonyl (C=O) groups excluding carboxylic acids is 1. The molecule has 1 heterocycles. The van der Waals surface area contributed by atoms with Crippen LogP contribution in [0.25, 0.3) is 0 Å². The molecular weight excluding hydrogens is 287 g/mol. The van der Waals surface area contributed by atoms with Gasteiger partial charge in [0.25, 0.3) is 5.91 Å². The van der Waals surface area contributed by atoms with Crippen LogP contribution in [0.4, 0.5) is 11.4 Å². The summed E-state index contributed by atoms with van der Waals surface area (Å²) in [5, 5.41) is 7.26. The maximum Gasteiger partial charge on any atom is 0.255 e. The molecule has 19 heavy (non-hydrogen) atoms. The van der Waals surface area contributed by atoms with Gasteiger partial charge in [0, 0.05) is 18.3 Å². The third-order valence-corrected chi connectivity index (χ3v) is 3.35. The first-order valence-corrected chi connectivity index (χ1v) is 6.35.